The third-order valence-corrected chi connectivity index (χ3v) is 4.13. The van der Waals surface area contributed by atoms with Crippen molar-refractivity contribution < 1.29 is 4.79 Å². The summed E-state index contributed by atoms with van der Waals surface area (Å²) in [6.07, 6.45) is 2.58. The minimum atomic E-state index is 0.219. The Morgan fingerprint density at radius 1 is 0.818 bits per heavy atom. The molecule has 112 valence electrons. The number of rotatable bonds is 3. The number of hydrogen-bond acceptors (Lipinski definition) is 2. The van der Waals surface area contributed by atoms with E-state index in [0.717, 1.165) is 5.56 Å². The fourth-order valence-corrected chi connectivity index (χ4v) is 2.87. The van der Waals surface area contributed by atoms with Gasteiger partial charge in [-0.25, -0.2) is 0 Å². The molecule has 0 atom stereocenters. The van der Waals surface area contributed by atoms with Crippen LogP contribution in [0.5, 0.6) is 0 Å². The van der Waals surface area contributed by atoms with Crippen molar-refractivity contribution in [2.24, 2.45) is 0 Å². The normalized spacial score (nSPS) is 9.91. The third-order valence-electron chi connectivity index (χ3n) is 3.29. The van der Waals surface area contributed by atoms with Gasteiger partial charge in [0.15, 0.2) is 0 Å². The molecule has 0 amide bonds. The lowest BCUT2D eigenvalue weighted by Crippen LogP contribution is -1.97. The molecule has 0 spiro atoms. The molecule has 0 unspecified atom stereocenters. The van der Waals surface area contributed by atoms with Gasteiger partial charge in [0.1, 0.15) is 5.78 Å². The molecule has 1 nitrogen and oxygen atoms in total. The van der Waals surface area contributed by atoms with Crippen molar-refractivity contribution in [1.82, 2.24) is 0 Å². The Morgan fingerprint density at radius 2 is 1.27 bits per heavy atom. The lowest BCUT2D eigenvalue weighted by Gasteiger charge is -2.03. The highest BCUT2D eigenvalue weighted by molar-refractivity contribution is 7.98. The van der Waals surface area contributed by atoms with Gasteiger partial charge in [0.25, 0.3) is 0 Å². The van der Waals surface area contributed by atoms with Crippen molar-refractivity contribution in [3.63, 3.8) is 0 Å². The van der Waals surface area contributed by atoms with E-state index in [1.54, 1.807) is 18.7 Å². The van der Waals surface area contributed by atoms with Crippen LogP contribution >= 0.6 is 11.8 Å². The van der Waals surface area contributed by atoms with E-state index >= 15 is 0 Å². The largest absolute Gasteiger partial charge is 0.300 e. The van der Waals surface area contributed by atoms with Gasteiger partial charge in [0.2, 0.25) is 0 Å². The molecule has 0 aromatic heterocycles. The summed E-state index contributed by atoms with van der Waals surface area (Å²) in [6, 6.07) is 24.7. The lowest BCUT2D eigenvalue weighted by molar-refractivity contribution is -0.116. The number of benzene rings is 3. The zero-order chi connectivity index (χ0) is 15.8. The van der Waals surface area contributed by atoms with Gasteiger partial charge >= 0.3 is 0 Å². The number of fused-ring (bicyclic) bond motifs is 1. The van der Waals surface area contributed by atoms with Crippen molar-refractivity contribution in [3.8, 4) is 0 Å². The van der Waals surface area contributed by atoms with Crippen LogP contribution in [-0.2, 0) is 11.2 Å². The molecular formula is C20H20OS. The van der Waals surface area contributed by atoms with E-state index in [-0.39, 0.29) is 5.78 Å². The average molecular weight is 308 g/mol. The fourth-order valence-electron chi connectivity index (χ4n) is 2.25. The van der Waals surface area contributed by atoms with Gasteiger partial charge < -0.3 is 0 Å². The maximum atomic E-state index is 10.9. The van der Waals surface area contributed by atoms with Crippen molar-refractivity contribution in [2.75, 3.05) is 6.26 Å². The summed E-state index contributed by atoms with van der Waals surface area (Å²) in [5, 5.41) is 2.62. The Bertz CT molecular complexity index is 684. The number of hydrogen-bond donors (Lipinski definition) is 0. The summed E-state index contributed by atoms with van der Waals surface area (Å²) in [5.41, 5.74) is 1.14. The highest BCUT2D eigenvalue weighted by atomic mass is 32.2. The minimum Gasteiger partial charge on any atom is -0.300 e. The van der Waals surface area contributed by atoms with E-state index in [0.29, 0.717) is 6.42 Å². The van der Waals surface area contributed by atoms with Crippen molar-refractivity contribution in [1.29, 1.82) is 0 Å². The zero-order valence-electron chi connectivity index (χ0n) is 13.0. The second-order valence-corrected chi connectivity index (χ2v) is 5.89. The standard InChI is InChI=1S/C10H12OS.C10H8/c1-8(11)7-9-5-3-4-6-10(9)12-2;1-2-6-10-8-4-3-7-9(10)5-1/h3-6H,7H2,1-2H3;1-8H. The van der Waals surface area contributed by atoms with Gasteiger partial charge in [-0.3, -0.25) is 4.79 Å². The molecule has 0 saturated heterocycles. The number of thioether (sulfide) groups is 1. The Labute approximate surface area is 136 Å². The maximum absolute atomic E-state index is 10.9. The molecular weight excluding hydrogens is 288 g/mol. The van der Waals surface area contributed by atoms with E-state index in [1.807, 2.05) is 30.5 Å². The number of carbonyl (C=O) groups is 1. The Balaban J connectivity index is 0.000000162. The van der Waals surface area contributed by atoms with Gasteiger partial charge in [-0.1, -0.05) is 66.7 Å². The van der Waals surface area contributed by atoms with Crippen LogP contribution < -0.4 is 0 Å². The van der Waals surface area contributed by atoms with Crippen LogP contribution in [0.15, 0.2) is 77.7 Å². The average Bonchev–Trinajstić information content (AvgIpc) is 2.55. The van der Waals surface area contributed by atoms with E-state index in [2.05, 4.69) is 48.5 Å². The topological polar surface area (TPSA) is 17.1 Å². The van der Waals surface area contributed by atoms with Crippen LogP contribution in [0.3, 0.4) is 0 Å². The molecule has 0 heterocycles. The zero-order valence-corrected chi connectivity index (χ0v) is 13.8. The van der Waals surface area contributed by atoms with Gasteiger partial charge in [-0.2, -0.15) is 0 Å². The van der Waals surface area contributed by atoms with Gasteiger partial charge in [-0.15, -0.1) is 11.8 Å². The summed E-state index contributed by atoms with van der Waals surface area (Å²) in [6.45, 7) is 1.62. The quantitative estimate of drug-likeness (QED) is 0.604. The number of carbonyl (C=O) groups excluding carboxylic acids is 1. The summed E-state index contributed by atoms with van der Waals surface area (Å²) in [5.74, 6) is 0.219. The van der Waals surface area contributed by atoms with Crippen molar-refractivity contribution >= 4 is 28.3 Å². The van der Waals surface area contributed by atoms with Crippen LogP contribution in [0.1, 0.15) is 12.5 Å². The van der Waals surface area contributed by atoms with Crippen molar-refractivity contribution in [2.45, 2.75) is 18.2 Å². The fraction of sp³-hybridized carbons (Fsp3) is 0.150. The first-order valence-corrected chi connectivity index (χ1v) is 8.48. The monoisotopic (exact) mass is 308 g/mol. The summed E-state index contributed by atoms with van der Waals surface area (Å²) >= 11 is 1.69. The van der Waals surface area contributed by atoms with E-state index in [4.69, 9.17) is 0 Å². The van der Waals surface area contributed by atoms with Gasteiger partial charge in [-0.05, 0) is 35.6 Å². The van der Waals surface area contributed by atoms with E-state index in [1.165, 1.54) is 15.7 Å². The van der Waals surface area contributed by atoms with Gasteiger partial charge in [0.05, 0.1) is 0 Å². The molecule has 0 saturated carbocycles. The first-order chi connectivity index (χ1) is 10.7. The molecule has 0 radical (unpaired) electrons. The summed E-state index contributed by atoms with van der Waals surface area (Å²) in [4.78, 5) is 12.1. The number of Topliss-reactive ketones (excluding diaryl/α,β-unsaturated/α-hetero) is 1. The molecule has 0 aliphatic rings. The highest BCUT2D eigenvalue weighted by Gasteiger charge is 2.01. The van der Waals surface area contributed by atoms with Crippen LogP contribution in [0, 0.1) is 0 Å². The van der Waals surface area contributed by atoms with Crippen molar-refractivity contribution in [3.05, 3.63) is 78.4 Å². The molecule has 22 heavy (non-hydrogen) atoms. The van der Waals surface area contributed by atoms with Crippen LogP contribution in [0.4, 0.5) is 0 Å². The molecule has 2 heteroatoms. The molecule has 3 aromatic rings. The Kier molecular flexibility index (Phi) is 6.23. The van der Waals surface area contributed by atoms with Crippen LogP contribution in [0.2, 0.25) is 0 Å². The van der Waals surface area contributed by atoms with E-state index in [9.17, 15) is 4.79 Å². The Hall–Kier alpha value is -2.06. The molecule has 0 fully saturated rings. The predicted octanol–water partition coefficient (Wildman–Crippen LogP) is 5.38. The second kappa shape index (κ2) is 8.40. The summed E-state index contributed by atoms with van der Waals surface area (Å²) in [7, 11) is 0. The summed E-state index contributed by atoms with van der Waals surface area (Å²) < 4.78 is 0. The second-order valence-electron chi connectivity index (χ2n) is 5.04. The molecule has 0 aliphatic heterocycles. The molecule has 3 rings (SSSR count). The van der Waals surface area contributed by atoms with Gasteiger partial charge in [0, 0.05) is 11.3 Å². The first kappa shape index (κ1) is 16.3. The smallest absolute Gasteiger partial charge is 0.134 e. The highest BCUT2D eigenvalue weighted by Crippen LogP contribution is 2.20. The van der Waals surface area contributed by atoms with Crippen LogP contribution in [0.25, 0.3) is 10.8 Å². The maximum Gasteiger partial charge on any atom is 0.134 e. The Morgan fingerprint density at radius 3 is 1.73 bits per heavy atom. The minimum absolute atomic E-state index is 0.219. The SMILES string of the molecule is CSc1ccccc1CC(C)=O.c1ccc2ccccc2c1. The number of ketones is 1. The molecule has 0 aliphatic carbocycles. The predicted molar refractivity (Wildman–Crippen MR) is 96.6 cm³/mol. The first-order valence-electron chi connectivity index (χ1n) is 7.26. The third kappa shape index (κ3) is 4.74. The lowest BCUT2D eigenvalue weighted by atomic mass is 10.1. The molecule has 0 N–H and O–H groups in total. The molecule has 3 aromatic carbocycles. The van der Waals surface area contributed by atoms with Crippen LogP contribution in [-0.4, -0.2) is 12.0 Å². The van der Waals surface area contributed by atoms with E-state index < -0.39 is 0 Å². The molecule has 0 bridgehead atoms.